The molecule has 0 aliphatic rings. The average Bonchev–Trinajstić information content (AvgIpc) is 2.63. The third-order valence-electron chi connectivity index (χ3n) is 3.73. The Balaban J connectivity index is 0.000000462. The number of rotatable bonds is 9. The first-order valence-corrected chi connectivity index (χ1v) is 9.38. The van der Waals surface area contributed by atoms with Crippen LogP contribution < -0.4 is 4.43 Å². The molecule has 0 bridgehead atoms. The van der Waals surface area contributed by atoms with E-state index >= 15 is 0 Å². The molecular weight excluding hydrogens is 352 g/mol. The molecule has 1 aromatic carbocycles. The summed E-state index contributed by atoms with van der Waals surface area (Å²) in [4.78, 5) is 2.64. The summed E-state index contributed by atoms with van der Waals surface area (Å²) in [5, 5.41) is 0. The zero-order valence-electron chi connectivity index (χ0n) is 15.3. The van der Waals surface area contributed by atoms with E-state index in [4.69, 9.17) is 0 Å². The molecule has 1 rings (SSSR count). The average molecular weight is 379 g/mol. The number of hydrogen-bond donors (Lipinski definition) is 0. The van der Waals surface area contributed by atoms with Crippen LogP contribution in [0.25, 0.3) is 0 Å². The molecule has 0 saturated carbocycles. The van der Waals surface area contributed by atoms with Crippen molar-refractivity contribution >= 4 is 20.7 Å². The second-order valence-electron chi connectivity index (χ2n) is 5.89. The van der Waals surface area contributed by atoms with E-state index in [0.29, 0.717) is 0 Å². The van der Waals surface area contributed by atoms with Crippen molar-refractivity contribution < 1.29 is 22.0 Å². The summed E-state index contributed by atoms with van der Waals surface area (Å²) >= 11 is 1.44. The molecule has 0 amide bonds. The molecular formula is C18H27AlF5N+2. The van der Waals surface area contributed by atoms with Crippen molar-refractivity contribution in [1.29, 1.82) is 0 Å². The predicted molar refractivity (Wildman–Crippen MR) is 92.8 cm³/mol. The third-order valence-corrected chi connectivity index (χ3v) is 4.23. The molecule has 1 nitrogen and oxygen atoms in total. The van der Waals surface area contributed by atoms with Gasteiger partial charge in [0, 0.05) is 0 Å². The van der Waals surface area contributed by atoms with Gasteiger partial charge in [-0.1, -0.05) is 40.0 Å². The fourth-order valence-corrected chi connectivity index (χ4v) is 2.36. The Kier molecular flexibility index (Phi) is 13.2. The Hall–Kier alpha value is -0.638. The van der Waals surface area contributed by atoms with Crippen molar-refractivity contribution in [3.63, 3.8) is 0 Å². The van der Waals surface area contributed by atoms with Crippen LogP contribution in [0.5, 0.6) is 0 Å². The van der Waals surface area contributed by atoms with Crippen LogP contribution in [0.2, 0.25) is 0 Å². The van der Waals surface area contributed by atoms with E-state index < -0.39 is 33.5 Å². The van der Waals surface area contributed by atoms with Gasteiger partial charge in [0.05, 0.1) is 0 Å². The number of unbranched alkanes of at least 4 members (excludes halogenated alkanes) is 3. The van der Waals surface area contributed by atoms with Crippen LogP contribution >= 0.6 is 0 Å². The first-order chi connectivity index (χ1) is 11.8. The Morgan fingerprint density at radius 2 is 0.880 bits per heavy atom. The van der Waals surface area contributed by atoms with Crippen LogP contribution in [0.1, 0.15) is 59.3 Å². The van der Waals surface area contributed by atoms with Gasteiger partial charge in [-0.05, 0) is 38.9 Å². The molecule has 0 unspecified atom stereocenters. The van der Waals surface area contributed by atoms with Crippen LogP contribution in [-0.4, -0.2) is 40.8 Å². The number of hydrogen-bond acceptors (Lipinski definition) is 1. The first-order valence-electron chi connectivity index (χ1n) is 8.80. The molecule has 1 aromatic rings. The fourth-order valence-electron chi connectivity index (χ4n) is 2.10. The maximum absolute atomic E-state index is 12.4. The Labute approximate surface area is 156 Å². The van der Waals surface area contributed by atoms with Gasteiger partial charge in [-0.3, -0.25) is 0 Å². The zero-order valence-corrected chi connectivity index (χ0v) is 16.4. The molecule has 0 fully saturated rings. The van der Waals surface area contributed by atoms with Crippen molar-refractivity contribution in [3.05, 3.63) is 29.1 Å². The van der Waals surface area contributed by atoms with Gasteiger partial charge in [-0.25, -0.2) is 0 Å². The van der Waals surface area contributed by atoms with E-state index in [1.807, 2.05) is 0 Å². The van der Waals surface area contributed by atoms with Crippen LogP contribution in [0.4, 0.5) is 22.0 Å². The second kappa shape index (κ2) is 13.6. The van der Waals surface area contributed by atoms with Crippen molar-refractivity contribution in [3.8, 4) is 0 Å². The van der Waals surface area contributed by atoms with Gasteiger partial charge in [0.2, 0.25) is 0 Å². The van der Waals surface area contributed by atoms with Crippen LogP contribution in [0, 0.1) is 29.1 Å². The maximum atomic E-state index is 12.4. The van der Waals surface area contributed by atoms with Crippen LogP contribution in [-0.2, 0) is 0 Å². The number of benzene rings is 1. The summed E-state index contributed by atoms with van der Waals surface area (Å²) < 4.78 is 60.5. The third kappa shape index (κ3) is 8.53. The van der Waals surface area contributed by atoms with Gasteiger partial charge in [0.15, 0.2) is 0 Å². The molecule has 0 aromatic heterocycles. The minimum atomic E-state index is -2.14. The minimum absolute atomic E-state index is 0.952. The summed E-state index contributed by atoms with van der Waals surface area (Å²) in [5.41, 5.74) is 0. The monoisotopic (exact) mass is 379 g/mol. The zero-order chi connectivity index (χ0) is 19.4. The number of nitrogens with zero attached hydrogens (tertiary/aromatic N) is 1. The van der Waals surface area contributed by atoms with Gasteiger partial charge < -0.3 is 4.90 Å². The van der Waals surface area contributed by atoms with Crippen LogP contribution in [0.3, 0.4) is 0 Å². The van der Waals surface area contributed by atoms with Gasteiger partial charge in [0.25, 0.3) is 0 Å². The Morgan fingerprint density at radius 1 is 0.600 bits per heavy atom. The molecule has 0 aliphatic heterocycles. The molecule has 140 valence electrons. The van der Waals surface area contributed by atoms with Gasteiger partial charge in [0.1, 0.15) is 0 Å². The summed E-state index contributed by atoms with van der Waals surface area (Å²) in [6, 6.07) is 0. The van der Waals surface area contributed by atoms with Crippen molar-refractivity contribution in [1.82, 2.24) is 4.90 Å². The second-order valence-corrected chi connectivity index (χ2v) is 6.46. The van der Waals surface area contributed by atoms with Gasteiger partial charge >= 0.3 is 71.8 Å². The Morgan fingerprint density at radius 3 is 1.16 bits per heavy atom. The van der Waals surface area contributed by atoms with E-state index in [2.05, 4.69) is 25.7 Å². The van der Waals surface area contributed by atoms with Crippen molar-refractivity contribution in [2.24, 2.45) is 0 Å². The van der Waals surface area contributed by atoms with E-state index in [0.717, 1.165) is 0 Å². The topological polar surface area (TPSA) is 3.24 Å². The summed E-state index contributed by atoms with van der Waals surface area (Å²) in [6.45, 7) is 10.8. The standard InChI is InChI=1S/C12H27N.C6F5.Al/c1-4-7-10-13(11-8-5-2)12-9-6-3;7-2-1-3(8)5(10)6(11)4(2)9;/h4-12H2,1-3H3;;/q;;+2. The van der Waals surface area contributed by atoms with E-state index in [-0.39, 0.29) is 0 Å². The predicted octanol–water partition coefficient (Wildman–Crippen LogP) is 4.86. The molecule has 7 heteroatoms. The Bertz CT molecular complexity index is 387. The summed E-state index contributed by atoms with van der Waals surface area (Å²) in [6.07, 6.45) is 8.09. The van der Waals surface area contributed by atoms with Crippen molar-refractivity contribution in [2.45, 2.75) is 59.3 Å². The molecule has 0 N–H and O–H groups in total. The van der Waals surface area contributed by atoms with E-state index in [1.54, 1.807) is 0 Å². The SMILES string of the molecule is CCCCN(CCCC)CCCC.Fc1c(F)c(F)[c]([Al+2])c(F)c1F. The van der Waals surface area contributed by atoms with E-state index in [9.17, 15) is 22.0 Å². The quantitative estimate of drug-likeness (QED) is 0.256. The molecule has 25 heavy (non-hydrogen) atoms. The molecule has 0 aliphatic carbocycles. The summed E-state index contributed by atoms with van der Waals surface area (Å²) in [5.74, 6) is -9.65. The molecule has 0 atom stereocenters. The fraction of sp³-hybridized carbons (Fsp3) is 0.667. The molecule has 0 heterocycles. The van der Waals surface area contributed by atoms with Gasteiger partial charge in [-0.15, -0.1) is 0 Å². The molecule has 0 radical (unpaired) electrons. The van der Waals surface area contributed by atoms with Crippen molar-refractivity contribution in [2.75, 3.05) is 19.6 Å². The van der Waals surface area contributed by atoms with Crippen LogP contribution in [0.15, 0.2) is 0 Å². The normalized spacial score (nSPS) is 10.8. The first kappa shape index (κ1) is 24.4. The summed E-state index contributed by atoms with van der Waals surface area (Å²) in [7, 11) is 0. The number of halogens is 5. The molecule has 0 spiro atoms. The van der Waals surface area contributed by atoms with E-state index in [1.165, 1.54) is 74.4 Å². The van der Waals surface area contributed by atoms with Gasteiger partial charge in [-0.2, -0.15) is 0 Å². The molecule has 0 saturated heterocycles.